The number of carbonyl (C=O) groups is 2. The molecule has 2 aromatic heterocycles. The normalized spacial score (nSPS) is 16.2. The minimum absolute atomic E-state index is 0.0266. The average molecular weight is 412 g/mol. The first kappa shape index (κ1) is 19.5. The average Bonchev–Trinajstić information content (AvgIpc) is 3.28. The summed E-state index contributed by atoms with van der Waals surface area (Å²) in [5.74, 6) is 0.00372. The lowest BCUT2D eigenvalue weighted by atomic mass is 10.1. The van der Waals surface area contributed by atoms with Gasteiger partial charge in [0.2, 0.25) is 11.8 Å². The predicted octanol–water partition coefficient (Wildman–Crippen LogP) is 3.64. The Hall–Kier alpha value is -2.86. The highest BCUT2D eigenvalue weighted by Gasteiger charge is 2.26. The van der Waals surface area contributed by atoms with Crippen LogP contribution in [-0.4, -0.2) is 34.3 Å². The zero-order valence-corrected chi connectivity index (χ0v) is 16.9. The van der Waals surface area contributed by atoms with Crippen LogP contribution in [0.5, 0.6) is 0 Å². The molecule has 4 rings (SSSR count). The maximum atomic E-state index is 13.2. The number of amides is 2. The highest BCUT2D eigenvalue weighted by Crippen LogP contribution is 2.28. The molecule has 1 unspecified atom stereocenters. The number of aryl methyl sites for hydroxylation is 1. The zero-order chi connectivity index (χ0) is 20.4. The van der Waals surface area contributed by atoms with E-state index in [0.717, 1.165) is 34.1 Å². The lowest BCUT2D eigenvalue weighted by molar-refractivity contribution is -0.131. The zero-order valence-electron chi connectivity index (χ0n) is 16.2. The van der Waals surface area contributed by atoms with E-state index in [9.17, 15) is 9.59 Å². The lowest BCUT2D eigenvalue weighted by Gasteiger charge is -2.26. The van der Waals surface area contributed by atoms with E-state index in [1.807, 2.05) is 31.2 Å². The number of furan rings is 1. The van der Waals surface area contributed by atoms with E-state index in [4.69, 9.17) is 16.0 Å². The van der Waals surface area contributed by atoms with E-state index in [1.54, 1.807) is 23.6 Å². The molecule has 3 aromatic rings. The Labute approximate surface area is 173 Å². The number of nitrogens with zero attached hydrogens (tertiary/aromatic N) is 2. The second kappa shape index (κ2) is 8.25. The molecular formula is C22H22ClN3O3. The molecule has 0 bridgehead atoms. The monoisotopic (exact) mass is 411 g/mol. The first-order valence-electron chi connectivity index (χ1n) is 9.62. The molecule has 1 aromatic carbocycles. The largest absolute Gasteiger partial charge is 0.464 e. The van der Waals surface area contributed by atoms with Crippen molar-refractivity contribution >= 4 is 34.4 Å². The number of fused-ring (bicyclic) bond motifs is 1. The number of aromatic nitrogens is 1. The predicted molar refractivity (Wildman–Crippen MR) is 110 cm³/mol. The molecule has 1 N–H and O–H groups in total. The van der Waals surface area contributed by atoms with E-state index < -0.39 is 0 Å². The first-order valence-corrected chi connectivity index (χ1v) is 9.99. The van der Waals surface area contributed by atoms with Crippen LogP contribution in [0.4, 0.5) is 0 Å². The highest BCUT2D eigenvalue weighted by atomic mass is 35.5. The fourth-order valence-electron chi connectivity index (χ4n) is 3.66. The van der Waals surface area contributed by atoms with Gasteiger partial charge in [-0.3, -0.25) is 14.6 Å². The van der Waals surface area contributed by atoms with Crippen LogP contribution in [-0.2, 0) is 22.6 Å². The van der Waals surface area contributed by atoms with Gasteiger partial charge in [0, 0.05) is 53.9 Å². The summed E-state index contributed by atoms with van der Waals surface area (Å²) in [5.41, 5.74) is 3.40. The number of rotatable bonds is 6. The molecule has 1 saturated heterocycles. The summed E-state index contributed by atoms with van der Waals surface area (Å²) in [4.78, 5) is 30.7. The van der Waals surface area contributed by atoms with Crippen molar-refractivity contribution in [2.24, 2.45) is 0 Å². The number of hydrogen-bond donors (Lipinski definition) is 1. The highest BCUT2D eigenvalue weighted by molar-refractivity contribution is 6.32. The Morgan fingerprint density at radius 2 is 2.28 bits per heavy atom. The maximum Gasteiger partial charge on any atom is 0.227 e. The number of nitrogens with one attached hydrogen (secondary N) is 1. The molecule has 2 amide bonds. The molecule has 0 spiro atoms. The number of halogens is 1. The number of pyridine rings is 1. The summed E-state index contributed by atoms with van der Waals surface area (Å²) >= 11 is 6.27. The van der Waals surface area contributed by atoms with E-state index in [1.165, 1.54) is 0 Å². The van der Waals surface area contributed by atoms with Gasteiger partial charge in [0.05, 0.1) is 12.7 Å². The Bertz CT molecular complexity index is 1050. The molecule has 7 heteroatoms. The molecule has 6 nitrogen and oxygen atoms in total. The van der Waals surface area contributed by atoms with Crippen molar-refractivity contribution in [1.82, 2.24) is 15.2 Å². The second-order valence-corrected chi connectivity index (χ2v) is 7.88. The second-order valence-electron chi connectivity index (χ2n) is 7.47. The molecule has 150 valence electrons. The summed E-state index contributed by atoms with van der Waals surface area (Å²) in [7, 11) is 0. The van der Waals surface area contributed by atoms with Crippen LogP contribution in [0.1, 0.15) is 29.5 Å². The van der Waals surface area contributed by atoms with Crippen molar-refractivity contribution in [2.45, 2.75) is 38.8 Å². The number of benzene rings is 1. The van der Waals surface area contributed by atoms with Gasteiger partial charge in [-0.25, -0.2) is 0 Å². The van der Waals surface area contributed by atoms with Crippen molar-refractivity contribution < 1.29 is 14.0 Å². The van der Waals surface area contributed by atoms with Crippen LogP contribution < -0.4 is 5.32 Å². The Morgan fingerprint density at radius 1 is 1.41 bits per heavy atom. The minimum Gasteiger partial charge on any atom is -0.464 e. The van der Waals surface area contributed by atoms with Gasteiger partial charge in [-0.15, -0.1) is 0 Å². The Kier molecular flexibility index (Phi) is 5.53. The fraction of sp³-hybridized carbons (Fsp3) is 0.318. The van der Waals surface area contributed by atoms with Crippen molar-refractivity contribution in [1.29, 1.82) is 0 Å². The number of hydrogen-bond acceptors (Lipinski definition) is 4. The van der Waals surface area contributed by atoms with Crippen LogP contribution in [0.15, 0.2) is 47.3 Å². The summed E-state index contributed by atoms with van der Waals surface area (Å²) < 4.78 is 5.63. The number of carbonyl (C=O) groups excluding carboxylic acids is 2. The van der Waals surface area contributed by atoms with E-state index >= 15 is 0 Å². The standard InChI is InChI=1S/C22H22ClN3O3/c1-14-7-20-18(9-19(14)23)16(13-29-20)8-22(28)26(11-15-3-2-6-24-10-15)12-17-4-5-21(27)25-17/h2-3,6-7,9-10,13,17H,4-5,8,11-12H2,1H3,(H,25,27). The van der Waals surface area contributed by atoms with Gasteiger partial charge < -0.3 is 14.6 Å². The summed E-state index contributed by atoms with van der Waals surface area (Å²) in [6.45, 7) is 2.82. The molecule has 0 radical (unpaired) electrons. The van der Waals surface area contributed by atoms with Gasteiger partial charge in [0.15, 0.2) is 0 Å². The van der Waals surface area contributed by atoms with E-state index in [-0.39, 0.29) is 24.3 Å². The third kappa shape index (κ3) is 4.43. The van der Waals surface area contributed by atoms with Crippen molar-refractivity contribution in [3.05, 3.63) is 64.6 Å². The van der Waals surface area contributed by atoms with Crippen molar-refractivity contribution in [3.8, 4) is 0 Å². The topological polar surface area (TPSA) is 75.4 Å². The first-order chi connectivity index (χ1) is 14.0. The summed E-state index contributed by atoms with van der Waals surface area (Å²) in [6.07, 6.45) is 6.52. The maximum absolute atomic E-state index is 13.2. The van der Waals surface area contributed by atoms with Crippen LogP contribution in [0, 0.1) is 6.92 Å². The molecule has 1 fully saturated rings. The minimum atomic E-state index is -0.0330. The molecule has 29 heavy (non-hydrogen) atoms. The molecule has 1 aliphatic heterocycles. The summed E-state index contributed by atoms with van der Waals surface area (Å²) in [6, 6.07) is 7.49. The van der Waals surface area contributed by atoms with E-state index in [2.05, 4.69) is 10.3 Å². The Balaban J connectivity index is 1.55. The third-order valence-corrected chi connectivity index (χ3v) is 5.66. The molecule has 1 atom stereocenters. The van der Waals surface area contributed by atoms with Crippen LogP contribution >= 0.6 is 11.6 Å². The summed E-state index contributed by atoms with van der Waals surface area (Å²) in [5, 5.41) is 4.44. The van der Waals surface area contributed by atoms with E-state index in [0.29, 0.717) is 24.5 Å². The SMILES string of the molecule is Cc1cc2occ(CC(=O)N(Cc3cccnc3)CC3CCC(=O)N3)c2cc1Cl. The van der Waals surface area contributed by atoms with Gasteiger partial charge in [-0.1, -0.05) is 17.7 Å². The molecule has 1 aliphatic rings. The van der Waals surface area contributed by atoms with Crippen LogP contribution in [0.3, 0.4) is 0 Å². The van der Waals surface area contributed by atoms with Gasteiger partial charge in [0.1, 0.15) is 5.58 Å². The van der Waals surface area contributed by atoms with Crippen molar-refractivity contribution in [2.75, 3.05) is 6.54 Å². The molecular weight excluding hydrogens is 390 g/mol. The van der Waals surface area contributed by atoms with Gasteiger partial charge >= 0.3 is 0 Å². The molecule has 0 aliphatic carbocycles. The van der Waals surface area contributed by atoms with Crippen molar-refractivity contribution in [3.63, 3.8) is 0 Å². The molecule has 3 heterocycles. The molecule has 0 saturated carbocycles. The smallest absolute Gasteiger partial charge is 0.227 e. The van der Waals surface area contributed by atoms with Gasteiger partial charge in [-0.05, 0) is 42.7 Å². The third-order valence-electron chi connectivity index (χ3n) is 5.25. The van der Waals surface area contributed by atoms with Gasteiger partial charge in [0.25, 0.3) is 0 Å². The Morgan fingerprint density at radius 3 is 3.00 bits per heavy atom. The van der Waals surface area contributed by atoms with Crippen LogP contribution in [0.25, 0.3) is 11.0 Å². The lowest BCUT2D eigenvalue weighted by Crippen LogP contribution is -2.42. The van der Waals surface area contributed by atoms with Gasteiger partial charge in [-0.2, -0.15) is 0 Å². The fourth-order valence-corrected chi connectivity index (χ4v) is 3.82. The quantitative estimate of drug-likeness (QED) is 0.672. The van der Waals surface area contributed by atoms with Crippen LogP contribution in [0.2, 0.25) is 5.02 Å².